The Bertz CT molecular complexity index is 173. The fourth-order valence-electron chi connectivity index (χ4n) is 2.15. The molecule has 1 N–H and O–H groups in total. The van der Waals surface area contributed by atoms with Gasteiger partial charge in [-0.05, 0) is 37.6 Å². The third-order valence-corrected chi connectivity index (χ3v) is 3.30. The molecule has 0 aromatic heterocycles. The van der Waals surface area contributed by atoms with E-state index in [0.717, 1.165) is 45.1 Å². The molecule has 1 aliphatic rings. The maximum Gasteiger partial charge on any atom is 0.0593 e. The van der Waals surface area contributed by atoms with Gasteiger partial charge in [0.2, 0.25) is 0 Å². The van der Waals surface area contributed by atoms with Crippen molar-refractivity contribution in [3.05, 3.63) is 0 Å². The largest absolute Gasteiger partial charge is 0.396 e. The zero-order valence-corrected chi connectivity index (χ0v) is 10.8. The van der Waals surface area contributed by atoms with Gasteiger partial charge in [0.25, 0.3) is 0 Å². The molecule has 1 rings (SSSR count). The number of nitrogens with zero attached hydrogens (tertiary/aromatic N) is 1. The van der Waals surface area contributed by atoms with Crippen LogP contribution in [0.15, 0.2) is 0 Å². The SMILES string of the molecule is CC(C)CCOCCN1CCC(CCO)C1. The molecule has 1 heterocycles. The van der Waals surface area contributed by atoms with Crippen molar-refractivity contribution in [3.63, 3.8) is 0 Å². The summed E-state index contributed by atoms with van der Waals surface area (Å²) in [6.07, 6.45) is 3.37. The molecule has 0 aliphatic carbocycles. The van der Waals surface area contributed by atoms with Crippen molar-refractivity contribution in [1.29, 1.82) is 0 Å². The van der Waals surface area contributed by atoms with Gasteiger partial charge in [0.15, 0.2) is 0 Å². The molecular formula is C13H27NO2. The number of ether oxygens (including phenoxy) is 1. The van der Waals surface area contributed by atoms with Crippen molar-refractivity contribution in [2.75, 3.05) is 39.5 Å². The molecule has 1 fully saturated rings. The zero-order chi connectivity index (χ0) is 11.8. The zero-order valence-electron chi connectivity index (χ0n) is 10.8. The molecule has 0 amide bonds. The Morgan fingerprint density at radius 2 is 2.19 bits per heavy atom. The van der Waals surface area contributed by atoms with Crippen molar-refractivity contribution in [2.45, 2.75) is 33.1 Å². The van der Waals surface area contributed by atoms with E-state index in [1.165, 1.54) is 13.0 Å². The van der Waals surface area contributed by atoms with Gasteiger partial charge in [0.05, 0.1) is 6.61 Å². The Morgan fingerprint density at radius 1 is 1.38 bits per heavy atom. The molecule has 3 heteroatoms. The fourth-order valence-corrected chi connectivity index (χ4v) is 2.15. The lowest BCUT2D eigenvalue weighted by atomic mass is 10.1. The first-order valence-electron chi connectivity index (χ1n) is 6.63. The Balaban J connectivity index is 1.94. The highest BCUT2D eigenvalue weighted by Crippen LogP contribution is 2.18. The van der Waals surface area contributed by atoms with Gasteiger partial charge in [0, 0.05) is 26.3 Å². The lowest BCUT2D eigenvalue weighted by Crippen LogP contribution is -2.25. The number of aliphatic hydroxyl groups is 1. The molecule has 0 radical (unpaired) electrons. The molecule has 0 saturated carbocycles. The summed E-state index contributed by atoms with van der Waals surface area (Å²) >= 11 is 0. The van der Waals surface area contributed by atoms with Gasteiger partial charge in [-0.2, -0.15) is 0 Å². The van der Waals surface area contributed by atoms with Crippen LogP contribution in [0.25, 0.3) is 0 Å². The summed E-state index contributed by atoms with van der Waals surface area (Å²) in [5.41, 5.74) is 0. The number of aliphatic hydroxyl groups excluding tert-OH is 1. The Morgan fingerprint density at radius 3 is 2.88 bits per heavy atom. The monoisotopic (exact) mass is 229 g/mol. The molecular weight excluding hydrogens is 202 g/mol. The number of likely N-dealkylation sites (tertiary alicyclic amines) is 1. The second-order valence-corrected chi connectivity index (χ2v) is 5.26. The predicted octanol–water partition coefficient (Wildman–Crippen LogP) is 1.75. The Hall–Kier alpha value is -0.120. The van der Waals surface area contributed by atoms with E-state index in [-0.39, 0.29) is 0 Å². The Labute approximate surface area is 99.8 Å². The van der Waals surface area contributed by atoms with E-state index in [1.54, 1.807) is 0 Å². The first kappa shape index (κ1) is 13.9. The normalized spacial score (nSPS) is 22.1. The molecule has 1 unspecified atom stereocenters. The van der Waals surface area contributed by atoms with E-state index >= 15 is 0 Å². The van der Waals surface area contributed by atoms with Gasteiger partial charge in [-0.3, -0.25) is 0 Å². The lowest BCUT2D eigenvalue weighted by Gasteiger charge is -2.16. The minimum Gasteiger partial charge on any atom is -0.396 e. The Kier molecular flexibility index (Phi) is 7.01. The maximum atomic E-state index is 8.87. The molecule has 96 valence electrons. The summed E-state index contributed by atoms with van der Waals surface area (Å²) < 4.78 is 5.61. The molecule has 1 aliphatic heterocycles. The summed E-state index contributed by atoms with van der Waals surface area (Å²) in [5, 5.41) is 8.87. The number of hydrogen-bond acceptors (Lipinski definition) is 3. The van der Waals surface area contributed by atoms with Crippen LogP contribution in [0.1, 0.15) is 33.1 Å². The number of hydrogen-bond donors (Lipinski definition) is 1. The van der Waals surface area contributed by atoms with Gasteiger partial charge in [-0.1, -0.05) is 13.8 Å². The first-order chi connectivity index (χ1) is 7.72. The molecule has 16 heavy (non-hydrogen) atoms. The number of rotatable bonds is 8. The summed E-state index contributed by atoms with van der Waals surface area (Å²) in [5.74, 6) is 1.45. The standard InChI is InChI=1S/C13H27NO2/c1-12(2)5-9-16-10-7-14-6-3-13(11-14)4-8-15/h12-13,15H,3-11H2,1-2H3. The summed E-state index contributed by atoms with van der Waals surface area (Å²) in [6.45, 7) is 9.92. The van der Waals surface area contributed by atoms with E-state index in [9.17, 15) is 0 Å². The molecule has 0 aromatic rings. The van der Waals surface area contributed by atoms with Crippen molar-refractivity contribution < 1.29 is 9.84 Å². The van der Waals surface area contributed by atoms with Gasteiger partial charge < -0.3 is 14.7 Å². The van der Waals surface area contributed by atoms with Gasteiger partial charge in [-0.25, -0.2) is 0 Å². The summed E-state index contributed by atoms with van der Waals surface area (Å²) in [4.78, 5) is 2.45. The topological polar surface area (TPSA) is 32.7 Å². The van der Waals surface area contributed by atoms with Crippen LogP contribution in [-0.2, 0) is 4.74 Å². The van der Waals surface area contributed by atoms with Crippen LogP contribution in [-0.4, -0.2) is 49.5 Å². The second-order valence-electron chi connectivity index (χ2n) is 5.26. The van der Waals surface area contributed by atoms with Crippen LogP contribution in [0.3, 0.4) is 0 Å². The molecule has 0 spiro atoms. The van der Waals surface area contributed by atoms with Crippen LogP contribution in [0.4, 0.5) is 0 Å². The lowest BCUT2D eigenvalue weighted by molar-refractivity contribution is 0.101. The van der Waals surface area contributed by atoms with E-state index in [0.29, 0.717) is 12.5 Å². The van der Waals surface area contributed by atoms with Gasteiger partial charge in [-0.15, -0.1) is 0 Å². The van der Waals surface area contributed by atoms with E-state index in [4.69, 9.17) is 9.84 Å². The van der Waals surface area contributed by atoms with E-state index in [2.05, 4.69) is 18.7 Å². The second kappa shape index (κ2) is 8.04. The fraction of sp³-hybridized carbons (Fsp3) is 1.00. The summed E-state index contributed by atoms with van der Waals surface area (Å²) in [6, 6.07) is 0. The van der Waals surface area contributed by atoms with E-state index in [1.807, 2.05) is 0 Å². The van der Waals surface area contributed by atoms with Crippen molar-refractivity contribution >= 4 is 0 Å². The average molecular weight is 229 g/mol. The highest BCUT2D eigenvalue weighted by Gasteiger charge is 2.21. The van der Waals surface area contributed by atoms with Crippen LogP contribution in [0, 0.1) is 11.8 Å². The van der Waals surface area contributed by atoms with Crippen LogP contribution in [0.2, 0.25) is 0 Å². The minimum absolute atomic E-state index is 0.337. The quantitative estimate of drug-likeness (QED) is 0.644. The van der Waals surface area contributed by atoms with Crippen LogP contribution < -0.4 is 0 Å². The highest BCUT2D eigenvalue weighted by molar-refractivity contribution is 4.74. The predicted molar refractivity (Wildman–Crippen MR) is 66.5 cm³/mol. The third-order valence-electron chi connectivity index (χ3n) is 3.30. The van der Waals surface area contributed by atoms with Crippen LogP contribution in [0.5, 0.6) is 0 Å². The van der Waals surface area contributed by atoms with Gasteiger partial charge >= 0.3 is 0 Å². The van der Waals surface area contributed by atoms with E-state index < -0.39 is 0 Å². The molecule has 1 saturated heterocycles. The minimum atomic E-state index is 0.337. The third kappa shape index (κ3) is 5.83. The van der Waals surface area contributed by atoms with Crippen molar-refractivity contribution in [2.24, 2.45) is 11.8 Å². The molecule has 0 aromatic carbocycles. The van der Waals surface area contributed by atoms with Crippen LogP contribution >= 0.6 is 0 Å². The molecule has 3 nitrogen and oxygen atoms in total. The highest BCUT2D eigenvalue weighted by atomic mass is 16.5. The summed E-state index contributed by atoms with van der Waals surface area (Å²) in [7, 11) is 0. The van der Waals surface area contributed by atoms with Gasteiger partial charge in [0.1, 0.15) is 0 Å². The maximum absolute atomic E-state index is 8.87. The first-order valence-corrected chi connectivity index (χ1v) is 6.63. The van der Waals surface area contributed by atoms with Crippen molar-refractivity contribution in [3.8, 4) is 0 Å². The average Bonchev–Trinajstić information content (AvgIpc) is 2.65. The van der Waals surface area contributed by atoms with Crippen molar-refractivity contribution in [1.82, 2.24) is 4.90 Å². The molecule has 1 atom stereocenters. The smallest absolute Gasteiger partial charge is 0.0593 e. The molecule has 0 bridgehead atoms.